The largest absolute Gasteiger partial charge is 0.416 e. The van der Waals surface area contributed by atoms with Gasteiger partial charge >= 0.3 is 6.18 Å². The van der Waals surface area contributed by atoms with Gasteiger partial charge in [0.05, 0.1) is 22.3 Å². The van der Waals surface area contributed by atoms with E-state index in [1.165, 1.54) is 22.9 Å². The minimum absolute atomic E-state index is 0.0652. The Morgan fingerprint density at radius 2 is 1.89 bits per heavy atom. The van der Waals surface area contributed by atoms with Gasteiger partial charge in [-0.3, -0.25) is 10.1 Å². The van der Waals surface area contributed by atoms with Crippen LogP contribution in [0.15, 0.2) is 54.6 Å². The van der Waals surface area contributed by atoms with E-state index in [2.05, 4.69) is 20.4 Å². The number of nitrogens with zero attached hydrogens (tertiary/aromatic N) is 3. The molecule has 0 radical (unpaired) electrons. The zero-order chi connectivity index (χ0) is 19.9. The van der Waals surface area contributed by atoms with Crippen molar-refractivity contribution in [2.75, 3.05) is 5.32 Å². The van der Waals surface area contributed by atoms with Gasteiger partial charge in [-0.1, -0.05) is 18.2 Å². The summed E-state index contributed by atoms with van der Waals surface area (Å²) >= 11 is 0. The molecule has 2 N–H and O–H groups in total. The normalized spacial score (nSPS) is 11.7. The zero-order valence-corrected chi connectivity index (χ0v) is 14.6. The standard InChI is InChI=1S/C19H14F3N5O/c1-11-9-16(17(28)25-18-23-14-7-2-3-8-15(14)24-18)26-27(11)13-6-4-5-12(10-13)19(20,21)22/h2-10H,1H3,(H2,23,24,25,28). The molecule has 0 aliphatic rings. The lowest BCUT2D eigenvalue weighted by molar-refractivity contribution is -0.137. The number of hydrogen-bond donors (Lipinski definition) is 2. The zero-order valence-electron chi connectivity index (χ0n) is 14.6. The summed E-state index contributed by atoms with van der Waals surface area (Å²) in [6.07, 6.45) is -4.46. The van der Waals surface area contributed by atoms with E-state index in [1.54, 1.807) is 13.0 Å². The molecule has 0 aliphatic heterocycles. The molecule has 4 aromatic rings. The molecule has 0 atom stereocenters. The number of hydrogen-bond acceptors (Lipinski definition) is 3. The van der Waals surface area contributed by atoms with Gasteiger partial charge < -0.3 is 4.98 Å². The number of benzene rings is 2. The van der Waals surface area contributed by atoms with Crippen LogP contribution in [0.4, 0.5) is 19.1 Å². The van der Waals surface area contributed by atoms with Gasteiger partial charge in [-0.15, -0.1) is 0 Å². The third-order valence-electron chi connectivity index (χ3n) is 4.16. The van der Waals surface area contributed by atoms with Crippen molar-refractivity contribution in [3.63, 3.8) is 0 Å². The molecular weight excluding hydrogens is 371 g/mol. The molecule has 0 unspecified atom stereocenters. The maximum Gasteiger partial charge on any atom is 0.416 e. The van der Waals surface area contributed by atoms with Gasteiger partial charge in [0.1, 0.15) is 0 Å². The summed E-state index contributed by atoms with van der Waals surface area (Å²) in [6.45, 7) is 1.66. The third kappa shape index (κ3) is 3.34. The molecule has 0 spiro atoms. The number of para-hydroxylation sites is 2. The fourth-order valence-electron chi connectivity index (χ4n) is 2.84. The van der Waals surface area contributed by atoms with Crippen molar-refractivity contribution in [2.24, 2.45) is 0 Å². The van der Waals surface area contributed by atoms with E-state index in [-0.39, 0.29) is 17.3 Å². The van der Waals surface area contributed by atoms with Crippen molar-refractivity contribution in [3.05, 3.63) is 71.5 Å². The number of anilines is 1. The Hall–Kier alpha value is -3.62. The van der Waals surface area contributed by atoms with E-state index >= 15 is 0 Å². The maximum atomic E-state index is 12.9. The first-order chi connectivity index (χ1) is 13.3. The van der Waals surface area contributed by atoms with E-state index in [4.69, 9.17) is 0 Å². The number of amides is 1. The smallest absolute Gasteiger partial charge is 0.324 e. The Balaban J connectivity index is 1.61. The van der Waals surface area contributed by atoms with E-state index in [0.29, 0.717) is 11.2 Å². The van der Waals surface area contributed by atoms with Crippen molar-refractivity contribution in [1.29, 1.82) is 0 Å². The van der Waals surface area contributed by atoms with E-state index < -0.39 is 17.6 Å². The molecule has 0 saturated carbocycles. The molecule has 0 fully saturated rings. The number of aromatic amines is 1. The maximum absolute atomic E-state index is 12.9. The lowest BCUT2D eigenvalue weighted by Gasteiger charge is -2.09. The first-order valence-corrected chi connectivity index (χ1v) is 8.32. The predicted molar refractivity (Wildman–Crippen MR) is 97.3 cm³/mol. The Bertz CT molecular complexity index is 1140. The first kappa shape index (κ1) is 17.8. The molecule has 9 heteroatoms. The van der Waals surface area contributed by atoms with E-state index in [1.807, 2.05) is 18.2 Å². The number of aromatic nitrogens is 4. The summed E-state index contributed by atoms with van der Waals surface area (Å²) in [7, 11) is 0. The lowest BCUT2D eigenvalue weighted by Crippen LogP contribution is -2.14. The minimum atomic E-state index is -4.46. The second-order valence-electron chi connectivity index (χ2n) is 6.19. The van der Waals surface area contributed by atoms with Gasteiger partial charge in [0.25, 0.3) is 5.91 Å². The van der Waals surface area contributed by atoms with Gasteiger partial charge in [-0.05, 0) is 43.3 Å². The van der Waals surface area contributed by atoms with Crippen LogP contribution in [-0.2, 0) is 6.18 Å². The molecule has 6 nitrogen and oxygen atoms in total. The SMILES string of the molecule is Cc1cc(C(=O)Nc2nc3ccccc3[nH]2)nn1-c1cccc(C(F)(F)F)c1. The van der Waals surface area contributed by atoms with Gasteiger partial charge in [0.15, 0.2) is 5.69 Å². The molecule has 0 bridgehead atoms. The summed E-state index contributed by atoms with van der Waals surface area (Å²) in [5.74, 6) is -0.259. The number of fused-ring (bicyclic) bond motifs is 1. The molecule has 2 heterocycles. The van der Waals surface area contributed by atoms with Crippen LogP contribution in [0.25, 0.3) is 16.7 Å². The van der Waals surface area contributed by atoms with Crippen LogP contribution >= 0.6 is 0 Å². The number of nitrogens with one attached hydrogen (secondary N) is 2. The Morgan fingerprint density at radius 1 is 1.11 bits per heavy atom. The number of aryl methyl sites for hydroxylation is 1. The van der Waals surface area contributed by atoms with Crippen molar-refractivity contribution < 1.29 is 18.0 Å². The highest BCUT2D eigenvalue weighted by Gasteiger charge is 2.30. The molecule has 2 aromatic heterocycles. The Kier molecular flexibility index (Phi) is 4.14. The van der Waals surface area contributed by atoms with Crippen molar-refractivity contribution in [1.82, 2.24) is 19.7 Å². The van der Waals surface area contributed by atoms with Crippen molar-refractivity contribution >= 4 is 22.9 Å². The number of rotatable bonds is 3. The van der Waals surface area contributed by atoms with Crippen LogP contribution < -0.4 is 5.32 Å². The summed E-state index contributed by atoms with van der Waals surface area (Å²) in [5, 5.41) is 6.76. The topological polar surface area (TPSA) is 75.6 Å². The highest BCUT2D eigenvalue weighted by atomic mass is 19.4. The fourth-order valence-corrected chi connectivity index (χ4v) is 2.84. The second-order valence-corrected chi connectivity index (χ2v) is 6.19. The van der Waals surface area contributed by atoms with Gasteiger partial charge in [0, 0.05) is 5.69 Å². The lowest BCUT2D eigenvalue weighted by atomic mass is 10.2. The van der Waals surface area contributed by atoms with Crippen molar-refractivity contribution in [2.45, 2.75) is 13.1 Å². The molecule has 1 amide bonds. The number of carbonyl (C=O) groups is 1. The number of halogens is 3. The first-order valence-electron chi connectivity index (χ1n) is 8.32. The number of carbonyl (C=O) groups excluding carboxylic acids is 1. The number of imidazole rings is 1. The van der Waals surface area contributed by atoms with Gasteiger partial charge in [-0.25, -0.2) is 9.67 Å². The highest BCUT2D eigenvalue weighted by molar-refractivity contribution is 6.02. The van der Waals surface area contributed by atoms with Gasteiger partial charge in [0.2, 0.25) is 5.95 Å². The van der Waals surface area contributed by atoms with E-state index in [0.717, 1.165) is 17.6 Å². The molecule has 142 valence electrons. The molecule has 28 heavy (non-hydrogen) atoms. The van der Waals surface area contributed by atoms with Crippen LogP contribution in [0.2, 0.25) is 0 Å². The average molecular weight is 385 g/mol. The highest BCUT2D eigenvalue weighted by Crippen LogP contribution is 2.30. The van der Waals surface area contributed by atoms with Crippen LogP contribution in [-0.4, -0.2) is 25.7 Å². The average Bonchev–Trinajstić information content (AvgIpc) is 3.24. The van der Waals surface area contributed by atoms with Crippen LogP contribution in [0.3, 0.4) is 0 Å². The third-order valence-corrected chi connectivity index (χ3v) is 4.16. The Morgan fingerprint density at radius 3 is 2.64 bits per heavy atom. The fraction of sp³-hybridized carbons (Fsp3) is 0.105. The predicted octanol–water partition coefficient (Wildman–Crippen LogP) is 4.33. The monoisotopic (exact) mass is 385 g/mol. The number of H-pyrrole nitrogens is 1. The number of alkyl halides is 3. The molecule has 0 aliphatic carbocycles. The summed E-state index contributed by atoms with van der Waals surface area (Å²) < 4.78 is 40.1. The summed E-state index contributed by atoms with van der Waals surface area (Å²) in [5.41, 5.74) is 1.49. The van der Waals surface area contributed by atoms with E-state index in [9.17, 15) is 18.0 Å². The molecule has 2 aromatic carbocycles. The molecule has 0 saturated heterocycles. The van der Waals surface area contributed by atoms with Crippen molar-refractivity contribution in [3.8, 4) is 5.69 Å². The van der Waals surface area contributed by atoms with Crippen LogP contribution in [0.1, 0.15) is 21.7 Å². The van der Waals surface area contributed by atoms with Crippen LogP contribution in [0, 0.1) is 6.92 Å². The van der Waals surface area contributed by atoms with Gasteiger partial charge in [-0.2, -0.15) is 18.3 Å². The summed E-state index contributed by atoms with van der Waals surface area (Å²) in [4.78, 5) is 19.7. The Labute approximate surface area is 157 Å². The molecule has 4 rings (SSSR count). The van der Waals surface area contributed by atoms with Crippen LogP contribution in [0.5, 0.6) is 0 Å². The second kappa shape index (κ2) is 6.52. The summed E-state index contributed by atoms with van der Waals surface area (Å²) in [6, 6.07) is 13.6. The molecular formula is C19H14F3N5O. The minimum Gasteiger partial charge on any atom is -0.324 e. The quantitative estimate of drug-likeness (QED) is 0.551.